The van der Waals surface area contributed by atoms with E-state index in [0.717, 1.165) is 9.88 Å². The molecule has 0 bridgehead atoms. The van der Waals surface area contributed by atoms with Crippen LogP contribution >= 0.6 is 22.7 Å². The number of nitrogens with one attached hydrogen (secondary N) is 2. The quantitative estimate of drug-likeness (QED) is 0.759. The number of amides is 2. The Morgan fingerprint density at radius 2 is 1.96 bits per heavy atom. The number of hydrogen-bond acceptors (Lipinski definition) is 6. The Morgan fingerprint density at radius 3 is 2.70 bits per heavy atom. The van der Waals surface area contributed by atoms with Crippen molar-refractivity contribution < 1.29 is 9.59 Å². The monoisotopic (exact) mass is 344 g/mol. The molecule has 2 heterocycles. The summed E-state index contributed by atoms with van der Waals surface area (Å²) >= 11 is 2.88. The molecule has 0 spiro atoms. The topological polar surface area (TPSA) is 84.0 Å². The van der Waals surface area contributed by atoms with Crippen LogP contribution in [0.3, 0.4) is 0 Å². The first-order valence-electron chi connectivity index (χ1n) is 6.68. The zero-order valence-electron chi connectivity index (χ0n) is 12.1. The molecule has 0 radical (unpaired) electrons. The Bertz CT molecular complexity index is 843. The van der Waals surface area contributed by atoms with Crippen molar-refractivity contribution in [2.75, 3.05) is 10.6 Å². The highest BCUT2D eigenvalue weighted by Gasteiger charge is 2.12. The van der Waals surface area contributed by atoms with Gasteiger partial charge in [-0.2, -0.15) is 0 Å². The second kappa shape index (κ2) is 6.67. The number of benzene rings is 1. The van der Waals surface area contributed by atoms with Crippen LogP contribution in [-0.4, -0.2) is 22.0 Å². The maximum atomic E-state index is 12.3. The molecule has 0 aliphatic rings. The van der Waals surface area contributed by atoms with Gasteiger partial charge in [-0.25, -0.2) is 0 Å². The number of hydrogen-bond donors (Lipinski definition) is 2. The summed E-state index contributed by atoms with van der Waals surface area (Å²) in [6, 6.07) is 10.6. The van der Waals surface area contributed by atoms with Crippen molar-refractivity contribution in [3.8, 4) is 9.88 Å². The second-order valence-electron chi connectivity index (χ2n) is 4.61. The van der Waals surface area contributed by atoms with Crippen molar-refractivity contribution in [2.24, 2.45) is 0 Å². The van der Waals surface area contributed by atoms with Crippen LogP contribution in [0.5, 0.6) is 0 Å². The van der Waals surface area contributed by atoms with Crippen molar-refractivity contribution in [1.82, 2.24) is 10.2 Å². The Hall–Kier alpha value is -2.58. The maximum Gasteiger partial charge on any atom is 0.257 e. The number of nitrogens with zero attached hydrogens (tertiary/aromatic N) is 2. The van der Waals surface area contributed by atoms with Crippen molar-refractivity contribution in [1.29, 1.82) is 0 Å². The van der Waals surface area contributed by atoms with Gasteiger partial charge in [0.05, 0.1) is 4.88 Å². The van der Waals surface area contributed by atoms with Gasteiger partial charge in [0.1, 0.15) is 0 Å². The summed E-state index contributed by atoms with van der Waals surface area (Å²) in [4.78, 5) is 24.3. The van der Waals surface area contributed by atoms with E-state index in [4.69, 9.17) is 0 Å². The Kier molecular flexibility index (Phi) is 4.45. The predicted molar refractivity (Wildman–Crippen MR) is 91.9 cm³/mol. The Morgan fingerprint density at radius 1 is 1.09 bits per heavy atom. The highest BCUT2D eigenvalue weighted by Crippen LogP contribution is 2.29. The molecular formula is C15H12N4O2S2. The van der Waals surface area contributed by atoms with Crippen molar-refractivity contribution in [2.45, 2.75) is 6.92 Å². The SMILES string of the molecule is CC(=O)Nc1cccc(C(=O)Nc2nnc(-c3cccs3)s2)c1. The molecule has 0 saturated carbocycles. The third kappa shape index (κ3) is 3.79. The van der Waals surface area contributed by atoms with Crippen molar-refractivity contribution in [3.63, 3.8) is 0 Å². The highest BCUT2D eigenvalue weighted by atomic mass is 32.1. The minimum Gasteiger partial charge on any atom is -0.326 e. The van der Waals surface area contributed by atoms with Crippen LogP contribution in [0.15, 0.2) is 41.8 Å². The van der Waals surface area contributed by atoms with E-state index < -0.39 is 0 Å². The van der Waals surface area contributed by atoms with Gasteiger partial charge < -0.3 is 5.32 Å². The van der Waals surface area contributed by atoms with Gasteiger partial charge in [0.15, 0.2) is 5.01 Å². The lowest BCUT2D eigenvalue weighted by atomic mass is 10.2. The maximum absolute atomic E-state index is 12.3. The van der Waals surface area contributed by atoms with Crippen LogP contribution in [0.2, 0.25) is 0 Å². The van der Waals surface area contributed by atoms with Gasteiger partial charge in [0.25, 0.3) is 5.91 Å². The van der Waals surface area contributed by atoms with E-state index in [1.807, 2.05) is 17.5 Å². The number of aromatic nitrogens is 2. The average Bonchev–Trinajstić information content (AvgIpc) is 3.17. The predicted octanol–water partition coefficient (Wildman–Crippen LogP) is 3.48. The lowest BCUT2D eigenvalue weighted by Crippen LogP contribution is -2.13. The summed E-state index contributed by atoms with van der Waals surface area (Å²) in [6.07, 6.45) is 0. The lowest BCUT2D eigenvalue weighted by Gasteiger charge is -2.05. The molecule has 0 aliphatic carbocycles. The van der Waals surface area contributed by atoms with E-state index in [1.165, 1.54) is 18.3 Å². The molecule has 0 unspecified atom stereocenters. The van der Waals surface area contributed by atoms with E-state index in [1.54, 1.807) is 35.6 Å². The summed E-state index contributed by atoms with van der Waals surface area (Å²) in [6.45, 7) is 1.42. The minimum atomic E-state index is -0.300. The largest absolute Gasteiger partial charge is 0.326 e. The van der Waals surface area contributed by atoms with Crippen molar-refractivity contribution >= 4 is 45.3 Å². The molecule has 8 heteroatoms. The molecule has 2 aromatic heterocycles. The molecule has 3 aromatic rings. The number of carbonyl (C=O) groups excluding carboxylic acids is 2. The van der Waals surface area contributed by atoms with Crippen LogP contribution < -0.4 is 10.6 Å². The van der Waals surface area contributed by atoms with Crippen LogP contribution in [0, 0.1) is 0 Å². The molecule has 0 saturated heterocycles. The summed E-state index contributed by atoms with van der Waals surface area (Å²) < 4.78 is 0. The molecule has 0 aliphatic heterocycles. The van der Waals surface area contributed by atoms with Crippen LogP contribution in [-0.2, 0) is 4.79 Å². The smallest absolute Gasteiger partial charge is 0.257 e. The molecule has 2 amide bonds. The fraction of sp³-hybridized carbons (Fsp3) is 0.0667. The van der Waals surface area contributed by atoms with Crippen LogP contribution in [0.1, 0.15) is 17.3 Å². The Balaban J connectivity index is 1.73. The third-order valence-electron chi connectivity index (χ3n) is 2.82. The molecule has 1 aromatic carbocycles. The van der Waals surface area contributed by atoms with E-state index in [-0.39, 0.29) is 11.8 Å². The van der Waals surface area contributed by atoms with E-state index in [2.05, 4.69) is 20.8 Å². The molecule has 116 valence electrons. The number of rotatable bonds is 4. The zero-order valence-corrected chi connectivity index (χ0v) is 13.7. The number of anilines is 2. The van der Waals surface area contributed by atoms with Crippen LogP contribution in [0.4, 0.5) is 10.8 Å². The summed E-state index contributed by atoms with van der Waals surface area (Å²) in [7, 11) is 0. The normalized spacial score (nSPS) is 10.3. The van der Waals surface area contributed by atoms with Gasteiger partial charge >= 0.3 is 0 Å². The molecular weight excluding hydrogens is 332 g/mol. The first kappa shape index (κ1) is 15.3. The van der Waals surface area contributed by atoms with Gasteiger partial charge in [0, 0.05) is 18.2 Å². The fourth-order valence-electron chi connectivity index (χ4n) is 1.88. The minimum absolute atomic E-state index is 0.188. The lowest BCUT2D eigenvalue weighted by molar-refractivity contribution is -0.114. The number of carbonyl (C=O) groups is 2. The number of thiophene rings is 1. The summed E-state index contributed by atoms with van der Waals surface area (Å²) in [5.74, 6) is -0.488. The molecule has 6 nitrogen and oxygen atoms in total. The standard InChI is InChI=1S/C15H12N4O2S2/c1-9(20)16-11-5-2-4-10(8-11)13(21)17-15-19-18-14(23-15)12-6-3-7-22-12/h2-8H,1H3,(H,16,20)(H,17,19,21). The van der Waals surface area contributed by atoms with Gasteiger partial charge in [-0.1, -0.05) is 23.5 Å². The van der Waals surface area contributed by atoms with E-state index in [0.29, 0.717) is 16.4 Å². The second-order valence-corrected chi connectivity index (χ2v) is 6.53. The molecule has 0 atom stereocenters. The third-order valence-corrected chi connectivity index (χ3v) is 4.70. The fourth-order valence-corrected chi connectivity index (χ4v) is 3.41. The average molecular weight is 344 g/mol. The molecule has 23 heavy (non-hydrogen) atoms. The zero-order chi connectivity index (χ0) is 16.2. The van der Waals surface area contributed by atoms with Gasteiger partial charge in [0.2, 0.25) is 11.0 Å². The van der Waals surface area contributed by atoms with E-state index in [9.17, 15) is 9.59 Å². The van der Waals surface area contributed by atoms with Gasteiger partial charge in [-0.15, -0.1) is 21.5 Å². The summed E-state index contributed by atoms with van der Waals surface area (Å²) in [5.41, 5.74) is 1.01. The molecule has 0 fully saturated rings. The Labute approximate surface area is 140 Å². The molecule has 3 rings (SSSR count). The first-order chi connectivity index (χ1) is 11.1. The van der Waals surface area contributed by atoms with Crippen molar-refractivity contribution in [3.05, 3.63) is 47.3 Å². The molecule has 2 N–H and O–H groups in total. The highest BCUT2D eigenvalue weighted by molar-refractivity contribution is 7.23. The first-order valence-corrected chi connectivity index (χ1v) is 8.38. The van der Waals surface area contributed by atoms with E-state index >= 15 is 0 Å². The van der Waals surface area contributed by atoms with Gasteiger partial charge in [-0.3, -0.25) is 14.9 Å². The van der Waals surface area contributed by atoms with Crippen LogP contribution in [0.25, 0.3) is 9.88 Å². The van der Waals surface area contributed by atoms with Gasteiger partial charge in [-0.05, 0) is 29.6 Å². The summed E-state index contributed by atoms with van der Waals surface area (Å²) in [5, 5.41) is 16.6.